The third kappa shape index (κ3) is 4.30. The van der Waals surface area contributed by atoms with E-state index < -0.39 is 11.8 Å². The SMILES string of the molecule is COc1ccc2ccccc2c1/C=N\NC(=O)C(=O)Nc1cccc(C)c1. The Morgan fingerprint density at radius 3 is 2.59 bits per heavy atom. The fraction of sp³-hybridized carbons (Fsp3) is 0.0952. The molecule has 0 spiro atoms. The molecule has 136 valence electrons. The van der Waals surface area contributed by atoms with Crippen LogP contribution in [0.3, 0.4) is 0 Å². The molecular formula is C21H19N3O3. The molecule has 3 aromatic rings. The Labute approximate surface area is 156 Å². The Bertz CT molecular complexity index is 1030. The molecule has 0 atom stereocenters. The minimum absolute atomic E-state index is 0.551. The zero-order valence-electron chi connectivity index (χ0n) is 15.0. The van der Waals surface area contributed by atoms with Gasteiger partial charge in [0.2, 0.25) is 0 Å². The molecule has 0 fully saturated rings. The molecule has 0 aliphatic rings. The molecule has 6 nitrogen and oxygen atoms in total. The Hall–Kier alpha value is -3.67. The highest BCUT2D eigenvalue weighted by atomic mass is 16.5. The number of hydrazone groups is 1. The lowest BCUT2D eigenvalue weighted by atomic mass is 10.0. The third-order valence-electron chi connectivity index (χ3n) is 3.99. The van der Waals surface area contributed by atoms with Gasteiger partial charge in [-0.2, -0.15) is 5.10 Å². The van der Waals surface area contributed by atoms with Gasteiger partial charge in [0.15, 0.2) is 0 Å². The number of aryl methyl sites for hydroxylation is 1. The molecule has 0 unspecified atom stereocenters. The minimum Gasteiger partial charge on any atom is -0.496 e. The smallest absolute Gasteiger partial charge is 0.329 e. The van der Waals surface area contributed by atoms with Crippen LogP contribution in [-0.4, -0.2) is 25.1 Å². The van der Waals surface area contributed by atoms with E-state index >= 15 is 0 Å². The second-order valence-corrected chi connectivity index (χ2v) is 5.93. The molecule has 2 amide bonds. The first-order valence-corrected chi connectivity index (χ1v) is 8.35. The summed E-state index contributed by atoms with van der Waals surface area (Å²) < 4.78 is 5.37. The molecule has 0 aromatic heterocycles. The summed E-state index contributed by atoms with van der Waals surface area (Å²) in [6.45, 7) is 1.90. The van der Waals surface area contributed by atoms with Gasteiger partial charge in [-0.1, -0.05) is 42.5 Å². The van der Waals surface area contributed by atoms with Gasteiger partial charge < -0.3 is 10.1 Å². The van der Waals surface area contributed by atoms with E-state index in [1.165, 1.54) is 6.21 Å². The van der Waals surface area contributed by atoms with Gasteiger partial charge in [-0.05, 0) is 41.5 Å². The first-order valence-electron chi connectivity index (χ1n) is 8.35. The third-order valence-corrected chi connectivity index (χ3v) is 3.99. The van der Waals surface area contributed by atoms with E-state index in [-0.39, 0.29) is 0 Å². The molecule has 3 rings (SSSR count). The molecule has 2 N–H and O–H groups in total. The number of anilines is 1. The number of rotatable bonds is 4. The Balaban J connectivity index is 1.72. The largest absolute Gasteiger partial charge is 0.496 e. The van der Waals surface area contributed by atoms with Crippen LogP contribution in [0.5, 0.6) is 5.75 Å². The van der Waals surface area contributed by atoms with Crippen molar-refractivity contribution in [1.82, 2.24) is 5.43 Å². The highest BCUT2D eigenvalue weighted by molar-refractivity contribution is 6.39. The molecule has 0 aliphatic carbocycles. The number of nitrogens with zero attached hydrogens (tertiary/aromatic N) is 1. The highest BCUT2D eigenvalue weighted by Gasteiger charge is 2.13. The number of carbonyl (C=O) groups is 2. The minimum atomic E-state index is -0.855. The fourth-order valence-electron chi connectivity index (χ4n) is 2.70. The normalized spacial score (nSPS) is 10.7. The predicted molar refractivity (Wildman–Crippen MR) is 106 cm³/mol. The number of hydrogen-bond acceptors (Lipinski definition) is 4. The van der Waals surface area contributed by atoms with E-state index in [1.54, 1.807) is 25.3 Å². The van der Waals surface area contributed by atoms with E-state index in [4.69, 9.17) is 4.74 Å². The lowest BCUT2D eigenvalue weighted by molar-refractivity contribution is -0.136. The summed E-state index contributed by atoms with van der Waals surface area (Å²) in [5.74, 6) is -1.02. The average Bonchev–Trinajstić information content (AvgIpc) is 2.68. The van der Waals surface area contributed by atoms with Crippen LogP contribution in [0.25, 0.3) is 10.8 Å². The van der Waals surface area contributed by atoms with Crippen LogP contribution in [0.15, 0.2) is 65.8 Å². The number of nitrogens with one attached hydrogen (secondary N) is 2. The monoisotopic (exact) mass is 361 g/mol. The zero-order chi connectivity index (χ0) is 19.2. The van der Waals surface area contributed by atoms with Gasteiger partial charge in [-0.3, -0.25) is 9.59 Å². The van der Waals surface area contributed by atoms with Crippen LogP contribution in [0.4, 0.5) is 5.69 Å². The van der Waals surface area contributed by atoms with E-state index in [0.29, 0.717) is 11.4 Å². The molecule has 0 saturated heterocycles. The summed E-state index contributed by atoms with van der Waals surface area (Å²) in [7, 11) is 1.56. The second-order valence-electron chi connectivity index (χ2n) is 5.93. The molecule has 0 radical (unpaired) electrons. The number of hydrogen-bond donors (Lipinski definition) is 2. The van der Waals surface area contributed by atoms with Gasteiger partial charge in [0.25, 0.3) is 0 Å². The number of fused-ring (bicyclic) bond motifs is 1. The Morgan fingerprint density at radius 2 is 1.81 bits per heavy atom. The standard InChI is InChI=1S/C21H19N3O3/c1-14-6-5-8-16(12-14)23-20(25)21(26)24-22-13-18-17-9-4-3-7-15(17)10-11-19(18)27-2/h3-13H,1-2H3,(H,23,25)(H,24,26)/b22-13-. The van der Waals surface area contributed by atoms with Crippen molar-refractivity contribution in [2.24, 2.45) is 5.10 Å². The maximum absolute atomic E-state index is 12.0. The van der Waals surface area contributed by atoms with E-state index in [9.17, 15) is 9.59 Å². The summed E-state index contributed by atoms with van der Waals surface area (Å²) >= 11 is 0. The van der Waals surface area contributed by atoms with Crippen LogP contribution < -0.4 is 15.5 Å². The van der Waals surface area contributed by atoms with Crippen LogP contribution in [-0.2, 0) is 9.59 Å². The van der Waals surface area contributed by atoms with Crippen LogP contribution in [0.1, 0.15) is 11.1 Å². The van der Waals surface area contributed by atoms with Gasteiger partial charge in [0, 0.05) is 11.3 Å². The number of methoxy groups -OCH3 is 1. The van der Waals surface area contributed by atoms with Crippen molar-refractivity contribution in [2.45, 2.75) is 6.92 Å². The molecule has 0 bridgehead atoms. The molecule has 6 heteroatoms. The van der Waals surface area contributed by atoms with Crippen molar-refractivity contribution in [3.05, 3.63) is 71.8 Å². The number of carbonyl (C=O) groups excluding carboxylic acids is 2. The molecule has 0 heterocycles. The molecular weight excluding hydrogens is 342 g/mol. The molecule has 0 saturated carbocycles. The average molecular weight is 361 g/mol. The van der Waals surface area contributed by atoms with Crippen molar-refractivity contribution in [3.63, 3.8) is 0 Å². The Morgan fingerprint density at radius 1 is 1.00 bits per heavy atom. The highest BCUT2D eigenvalue weighted by Crippen LogP contribution is 2.26. The maximum atomic E-state index is 12.0. The number of benzene rings is 3. The lowest BCUT2D eigenvalue weighted by Crippen LogP contribution is -2.32. The van der Waals surface area contributed by atoms with Crippen LogP contribution >= 0.6 is 0 Å². The van der Waals surface area contributed by atoms with Gasteiger partial charge in [-0.15, -0.1) is 0 Å². The van der Waals surface area contributed by atoms with Crippen molar-refractivity contribution in [1.29, 1.82) is 0 Å². The topological polar surface area (TPSA) is 79.8 Å². The molecule has 0 aliphatic heterocycles. The van der Waals surface area contributed by atoms with E-state index in [0.717, 1.165) is 21.9 Å². The maximum Gasteiger partial charge on any atom is 0.329 e. The summed E-state index contributed by atoms with van der Waals surface area (Å²) in [5.41, 5.74) is 4.49. The summed E-state index contributed by atoms with van der Waals surface area (Å²) in [4.78, 5) is 24.0. The van der Waals surface area contributed by atoms with Crippen molar-refractivity contribution < 1.29 is 14.3 Å². The van der Waals surface area contributed by atoms with Crippen molar-refractivity contribution in [2.75, 3.05) is 12.4 Å². The van der Waals surface area contributed by atoms with Gasteiger partial charge in [0.05, 0.1) is 13.3 Å². The fourth-order valence-corrected chi connectivity index (χ4v) is 2.70. The van der Waals surface area contributed by atoms with Gasteiger partial charge in [0.1, 0.15) is 5.75 Å². The molecule has 3 aromatic carbocycles. The Kier molecular flexibility index (Phi) is 5.47. The summed E-state index contributed by atoms with van der Waals surface area (Å²) in [6.07, 6.45) is 1.47. The van der Waals surface area contributed by atoms with E-state index in [2.05, 4.69) is 15.8 Å². The number of amides is 2. The van der Waals surface area contributed by atoms with Gasteiger partial charge in [-0.25, -0.2) is 5.43 Å². The quantitative estimate of drug-likeness (QED) is 0.425. The summed E-state index contributed by atoms with van der Waals surface area (Å²) in [6, 6.07) is 18.7. The lowest BCUT2D eigenvalue weighted by Gasteiger charge is -2.08. The van der Waals surface area contributed by atoms with Crippen LogP contribution in [0, 0.1) is 6.92 Å². The van der Waals surface area contributed by atoms with Gasteiger partial charge >= 0.3 is 11.8 Å². The molecule has 27 heavy (non-hydrogen) atoms. The first-order chi connectivity index (χ1) is 13.1. The second kappa shape index (κ2) is 8.14. The first kappa shape index (κ1) is 18.1. The van der Waals surface area contributed by atoms with Crippen LogP contribution in [0.2, 0.25) is 0 Å². The number of ether oxygens (including phenoxy) is 1. The van der Waals surface area contributed by atoms with E-state index in [1.807, 2.05) is 49.4 Å². The zero-order valence-corrected chi connectivity index (χ0v) is 15.0. The van der Waals surface area contributed by atoms with Crippen molar-refractivity contribution in [3.8, 4) is 5.75 Å². The van der Waals surface area contributed by atoms with Crippen molar-refractivity contribution >= 4 is 34.5 Å². The summed E-state index contributed by atoms with van der Waals surface area (Å²) in [5, 5.41) is 8.40. The predicted octanol–water partition coefficient (Wildman–Crippen LogP) is 3.25.